The Morgan fingerprint density at radius 1 is 1.30 bits per heavy atom. The molecule has 7 nitrogen and oxygen atoms in total. The number of pyridine rings is 1. The number of hydrogen-bond acceptors (Lipinski definition) is 7. The SMILES string of the molecule is C=C(CCc1nnc(-c2ccc(Cl)cn2)s1)NC(=O)COC1CC(OC(F)(F)F)C1. The Labute approximate surface area is 179 Å². The second-order valence-electron chi connectivity index (χ2n) is 6.60. The van der Waals surface area contributed by atoms with Crippen molar-refractivity contribution in [3.8, 4) is 10.7 Å². The van der Waals surface area contributed by atoms with E-state index in [1.165, 1.54) is 17.5 Å². The van der Waals surface area contributed by atoms with Gasteiger partial charge < -0.3 is 10.1 Å². The maximum Gasteiger partial charge on any atom is 0.522 e. The van der Waals surface area contributed by atoms with Gasteiger partial charge in [-0.2, -0.15) is 0 Å². The van der Waals surface area contributed by atoms with Gasteiger partial charge >= 0.3 is 6.36 Å². The Hall–Kier alpha value is -2.08. The zero-order valence-electron chi connectivity index (χ0n) is 15.6. The number of rotatable bonds is 9. The van der Waals surface area contributed by atoms with Crippen LogP contribution in [-0.4, -0.2) is 46.3 Å². The molecule has 162 valence electrons. The molecule has 1 saturated carbocycles. The Bertz CT molecular complexity index is 886. The van der Waals surface area contributed by atoms with Crippen molar-refractivity contribution in [2.24, 2.45) is 0 Å². The van der Waals surface area contributed by atoms with Gasteiger partial charge in [-0.25, -0.2) is 0 Å². The molecule has 0 spiro atoms. The van der Waals surface area contributed by atoms with Gasteiger partial charge in [-0.05, 0) is 18.6 Å². The van der Waals surface area contributed by atoms with Gasteiger partial charge in [0.15, 0.2) is 5.01 Å². The van der Waals surface area contributed by atoms with Gasteiger partial charge in [0.05, 0.1) is 17.2 Å². The first-order valence-corrected chi connectivity index (χ1v) is 10.2. The predicted molar refractivity (Wildman–Crippen MR) is 104 cm³/mol. The first kappa shape index (κ1) is 22.6. The summed E-state index contributed by atoms with van der Waals surface area (Å²) in [5, 5.41) is 12.8. The minimum Gasteiger partial charge on any atom is -0.368 e. The van der Waals surface area contributed by atoms with Crippen LogP contribution in [0.2, 0.25) is 5.02 Å². The van der Waals surface area contributed by atoms with Crippen molar-refractivity contribution >= 4 is 28.8 Å². The highest BCUT2D eigenvalue weighted by molar-refractivity contribution is 7.14. The first-order chi connectivity index (χ1) is 14.2. The topological polar surface area (TPSA) is 86.2 Å². The van der Waals surface area contributed by atoms with E-state index in [9.17, 15) is 18.0 Å². The van der Waals surface area contributed by atoms with Crippen LogP contribution in [0.5, 0.6) is 0 Å². The summed E-state index contributed by atoms with van der Waals surface area (Å²) in [7, 11) is 0. The molecule has 2 heterocycles. The van der Waals surface area contributed by atoms with Crippen molar-refractivity contribution in [1.82, 2.24) is 20.5 Å². The second kappa shape index (κ2) is 9.82. The molecule has 1 aliphatic rings. The number of hydrogen-bond donors (Lipinski definition) is 1. The maximum atomic E-state index is 12.1. The molecule has 1 aliphatic carbocycles. The maximum absolute atomic E-state index is 12.1. The van der Waals surface area contributed by atoms with E-state index in [4.69, 9.17) is 16.3 Å². The molecule has 1 amide bonds. The highest BCUT2D eigenvalue weighted by atomic mass is 35.5. The third-order valence-electron chi connectivity index (χ3n) is 4.17. The number of carbonyl (C=O) groups excluding carboxylic acids is 1. The summed E-state index contributed by atoms with van der Waals surface area (Å²) in [4.78, 5) is 16.1. The van der Waals surface area contributed by atoms with Crippen LogP contribution in [0, 0.1) is 0 Å². The molecular formula is C18H18ClF3N4O3S. The number of nitrogens with zero attached hydrogens (tertiary/aromatic N) is 3. The van der Waals surface area contributed by atoms with Crippen molar-refractivity contribution in [3.63, 3.8) is 0 Å². The third kappa shape index (κ3) is 7.01. The normalized spacial score (nSPS) is 18.7. The molecule has 2 aromatic heterocycles. The Balaban J connectivity index is 1.33. The van der Waals surface area contributed by atoms with E-state index in [0.29, 0.717) is 34.3 Å². The molecule has 2 aromatic rings. The minimum atomic E-state index is -4.65. The van der Waals surface area contributed by atoms with Crippen molar-refractivity contribution in [1.29, 1.82) is 0 Å². The fraction of sp³-hybridized carbons (Fsp3) is 0.444. The average Bonchev–Trinajstić information content (AvgIpc) is 3.10. The Kier molecular flexibility index (Phi) is 7.40. The van der Waals surface area contributed by atoms with E-state index in [1.807, 2.05) is 0 Å². The van der Waals surface area contributed by atoms with Crippen LogP contribution in [0.15, 0.2) is 30.6 Å². The summed E-state index contributed by atoms with van der Waals surface area (Å²) >= 11 is 7.20. The lowest BCUT2D eigenvalue weighted by molar-refractivity contribution is -0.357. The standard InChI is InChI=1S/C18H18ClF3N4O3S/c1-10(24-15(27)9-28-12-6-13(7-12)29-18(20,21)22)2-5-16-25-26-17(30-16)14-4-3-11(19)8-23-14/h3-4,8,12-13H,1-2,5-7,9H2,(H,24,27). The van der Waals surface area contributed by atoms with E-state index < -0.39 is 24.5 Å². The smallest absolute Gasteiger partial charge is 0.368 e. The zero-order valence-corrected chi connectivity index (χ0v) is 17.2. The summed E-state index contributed by atoms with van der Waals surface area (Å²) in [5.41, 5.74) is 1.16. The van der Waals surface area contributed by atoms with Gasteiger partial charge in [0.1, 0.15) is 17.3 Å². The lowest BCUT2D eigenvalue weighted by Crippen LogP contribution is -2.42. The molecule has 1 N–H and O–H groups in total. The number of halogens is 4. The van der Waals surface area contributed by atoms with Crippen LogP contribution in [0.3, 0.4) is 0 Å². The summed E-state index contributed by atoms with van der Waals surface area (Å²) in [6, 6.07) is 3.48. The fourth-order valence-corrected chi connectivity index (χ4v) is 3.57. The Morgan fingerprint density at radius 3 is 2.73 bits per heavy atom. The Morgan fingerprint density at radius 2 is 2.07 bits per heavy atom. The van der Waals surface area contributed by atoms with E-state index in [-0.39, 0.29) is 19.4 Å². The number of allylic oxidation sites excluding steroid dienone is 1. The summed E-state index contributed by atoms with van der Waals surface area (Å²) < 4.78 is 45.3. The molecule has 0 aliphatic heterocycles. The number of ether oxygens (including phenoxy) is 2. The summed E-state index contributed by atoms with van der Waals surface area (Å²) in [6.45, 7) is 3.54. The van der Waals surface area contributed by atoms with Gasteiger partial charge in [-0.15, -0.1) is 23.4 Å². The van der Waals surface area contributed by atoms with Crippen LogP contribution in [0.25, 0.3) is 10.7 Å². The number of carbonyl (C=O) groups is 1. The minimum absolute atomic E-state index is 0.107. The molecule has 0 bridgehead atoms. The average molecular weight is 463 g/mol. The van der Waals surface area contributed by atoms with Gasteiger partial charge in [-0.3, -0.25) is 14.5 Å². The van der Waals surface area contributed by atoms with Crippen molar-refractivity contribution in [3.05, 3.63) is 40.6 Å². The van der Waals surface area contributed by atoms with E-state index in [2.05, 4.69) is 31.8 Å². The molecule has 1 fully saturated rings. The number of nitrogens with one attached hydrogen (secondary N) is 1. The number of aromatic nitrogens is 3. The summed E-state index contributed by atoms with van der Waals surface area (Å²) in [5.74, 6) is -0.413. The fourth-order valence-electron chi connectivity index (χ4n) is 2.65. The zero-order chi connectivity index (χ0) is 21.7. The molecule has 0 saturated heterocycles. The second-order valence-corrected chi connectivity index (χ2v) is 8.10. The molecule has 3 rings (SSSR count). The van der Waals surface area contributed by atoms with E-state index in [1.54, 1.807) is 12.1 Å². The predicted octanol–water partition coefficient (Wildman–Crippen LogP) is 3.90. The van der Waals surface area contributed by atoms with Crippen LogP contribution >= 0.6 is 22.9 Å². The monoisotopic (exact) mass is 462 g/mol. The highest BCUT2D eigenvalue weighted by Gasteiger charge is 2.40. The highest BCUT2D eigenvalue weighted by Crippen LogP contribution is 2.32. The number of amides is 1. The van der Waals surface area contributed by atoms with Crippen molar-refractivity contribution in [2.75, 3.05) is 6.61 Å². The largest absolute Gasteiger partial charge is 0.522 e. The van der Waals surface area contributed by atoms with Crippen LogP contribution in [0.4, 0.5) is 13.2 Å². The number of aryl methyl sites for hydroxylation is 1. The van der Waals surface area contributed by atoms with Crippen LogP contribution < -0.4 is 5.32 Å². The quantitative estimate of drug-likeness (QED) is 0.608. The van der Waals surface area contributed by atoms with E-state index >= 15 is 0 Å². The summed E-state index contributed by atoms with van der Waals surface area (Å²) in [6.07, 6.45) is -3.24. The molecule has 0 atom stereocenters. The molecule has 0 unspecified atom stereocenters. The van der Waals surface area contributed by atoms with E-state index in [0.717, 1.165) is 5.01 Å². The molecular weight excluding hydrogens is 445 g/mol. The molecule has 30 heavy (non-hydrogen) atoms. The molecule has 0 aromatic carbocycles. The van der Waals surface area contributed by atoms with Crippen molar-refractivity contribution < 1.29 is 27.4 Å². The van der Waals surface area contributed by atoms with Crippen molar-refractivity contribution in [2.45, 2.75) is 44.3 Å². The van der Waals surface area contributed by atoms with Crippen LogP contribution in [0.1, 0.15) is 24.3 Å². The van der Waals surface area contributed by atoms with Gasteiger partial charge in [-0.1, -0.05) is 29.5 Å². The lowest BCUT2D eigenvalue weighted by atomic mass is 9.92. The molecule has 0 radical (unpaired) electrons. The lowest BCUT2D eigenvalue weighted by Gasteiger charge is -2.34. The number of alkyl halides is 3. The first-order valence-electron chi connectivity index (χ1n) is 8.96. The van der Waals surface area contributed by atoms with Gasteiger partial charge in [0.2, 0.25) is 5.91 Å². The van der Waals surface area contributed by atoms with Gasteiger partial charge in [0, 0.05) is 31.2 Å². The third-order valence-corrected chi connectivity index (χ3v) is 5.40. The van der Waals surface area contributed by atoms with Crippen LogP contribution in [-0.2, 0) is 20.7 Å². The molecule has 12 heteroatoms. The van der Waals surface area contributed by atoms with Gasteiger partial charge in [0.25, 0.3) is 0 Å².